The van der Waals surface area contributed by atoms with Crippen molar-refractivity contribution in [2.45, 2.75) is 31.8 Å². The van der Waals surface area contributed by atoms with E-state index in [4.69, 9.17) is 0 Å². The number of hydrogen-bond donors (Lipinski definition) is 2. The molecule has 0 bridgehead atoms. The van der Waals surface area contributed by atoms with E-state index in [1.165, 1.54) is 0 Å². The Hall–Kier alpha value is -0.610. The Balaban J connectivity index is 1.67. The van der Waals surface area contributed by atoms with E-state index in [-0.39, 0.29) is 5.91 Å². The summed E-state index contributed by atoms with van der Waals surface area (Å²) < 4.78 is 0. The van der Waals surface area contributed by atoms with Crippen molar-refractivity contribution in [3.8, 4) is 0 Å². The third-order valence-corrected chi connectivity index (χ3v) is 3.38. The van der Waals surface area contributed by atoms with E-state index in [0.29, 0.717) is 25.4 Å². The van der Waals surface area contributed by atoms with E-state index in [9.17, 15) is 9.90 Å². The molecular formula is C11H20N2O2. The molecule has 1 saturated carbocycles. The highest BCUT2D eigenvalue weighted by molar-refractivity contribution is 5.77. The van der Waals surface area contributed by atoms with Crippen molar-refractivity contribution in [3.63, 3.8) is 0 Å². The highest BCUT2D eigenvalue weighted by atomic mass is 16.3. The monoisotopic (exact) mass is 212 g/mol. The van der Waals surface area contributed by atoms with Crippen molar-refractivity contribution < 1.29 is 9.90 Å². The first-order chi connectivity index (χ1) is 7.15. The van der Waals surface area contributed by atoms with Crippen LogP contribution >= 0.6 is 0 Å². The topological polar surface area (TPSA) is 52.6 Å². The van der Waals surface area contributed by atoms with Crippen LogP contribution in [0.5, 0.6) is 0 Å². The summed E-state index contributed by atoms with van der Waals surface area (Å²) in [5.74, 6) is 0.636. The minimum atomic E-state index is -0.534. The largest absolute Gasteiger partial charge is 0.386 e. The SMILES string of the molecule is CCNCCC(=O)N1CC(O)(C2CC2)C1. The Bertz CT molecular complexity index is 245. The smallest absolute Gasteiger partial charge is 0.224 e. The summed E-state index contributed by atoms with van der Waals surface area (Å²) in [6.45, 7) is 4.79. The molecule has 4 nitrogen and oxygen atoms in total. The number of nitrogens with zero attached hydrogens (tertiary/aromatic N) is 1. The summed E-state index contributed by atoms with van der Waals surface area (Å²) in [6.07, 6.45) is 2.82. The molecule has 2 N–H and O–H groups in total. The van der Waals surface area contributed by atoms with Crippen LogP contribution in [0.3, 0.4) is 0 Å². The van der Waals surface area contributed by atoms with Crippen LogP contribution in [0.25, 0.3) is 0 Å². The molecule has 2 rings (SSSR count). The molecule has 1 amide bonds. The number of nitrogens with one attached hydrogen (secondary N) is 1. The van der Waals surface area contributed by atoms with Crippen LogP contribution in [0.1, 0.15) is 26.2 Å². The minimum absolute atomic E-state index is 0.168. The quantitative estimate of drug-likeness (QED) is 0.629. The first kappa shape index (κ1) is 10.9. The van der Waals surface area contributed by atoms with Gasteiger partial charge in [0.1, 0.15) is 5.60 Å². The third-order valence-electron chi connectivity index (χ3n) is 3.38. The second kappa shape index (κ2) is 4.10. The molecule has 4 heteroatoms. The molecule has 15 heavy (non-hydrogen) atoms. The Morgan fingerprint density at radius 2 is 2.20 bits per heavy atom. The first-order valence-electron chi connectivity index (χ1n) is 5.86. The van der Waals surface area contributed by atoms with E-state index >= 15 is 0 Å². The lowest BCUT2D eigenvalue weighted by Gasteiger charge is -2.47. The Labute approximate surface area is 90.6 Å². The average Bonchev–Trinajstić information content (AvgIpc) is 2.96. The van der Waals surface area contributed by atoms with Gasteiger partial charge in [0.05, 0.1) is 13.1 Å². The molecule has 1 aliphatic heterocycles. The van der Waals surface area contributed by atoms with Crippen molar-refractivity contribution in [1.82, 2.24) is 10.2 Å². The summed E-state index contributed by atoms with van der Waals surface area (Å²) in [6, 6.07) is 0. The summed E-state index contributed by atoms with van der Waals surface area (Å²) in [5, 5.41) is 13.2. The van der Waals surface area contributed by atoms with Crippen LogP contribution in [0.4, 0.5) is 0 Å². The number of hydrogen-bond acceptors (Lipinski definition) is 3. The number of likely N-dealkylation sites (tertiary alicyclic amines) is 1. The van der Waals surface area contributed by atoms with Gasteiger partial charge in [0.15, 0.2) is 0 Å². The summed E-state index contributed by atoms with van der Waals surface area (Å²) >= 11 is 0. The molecule has 0 unspecified atom stereocenters. The summed E-state index contributed by atoms with van der Waals surface area (Å²) in [5.41, 5.74) is -0.534. The molecule has 2 aliphatic rings. The second-order valence-corrected chi connectivity index (χ2v) is 4.73. The first-order valence-corrected chi connectivity index (χ1v) is 5.86. The third kappa shape index (κ3) is 2.32. The zero-order chi connectivity index (χ0) is 10.9. The van der Waals surface area contributed by atoms with Crippen LogP contribution in [-0.4, -0.2) is 47.7 Å². The number of carbonyl (C=O) groups excluding carboxylic acids is 1. The predicted molar refractivity (Wildman–Crippen MR) is 57.4 cm³/mol. The van der Waals surface area contributed by atoms with Gasteiger partial charge in [-0.3, -0.25) is 4.79 Å². The number of rotatable bonds is 5. The average molecular weight is 212 g/mol. The van der Waals surface area contributed by atoms with E-state index in [1.54, 1.807) is 4.90 Å². The molecule has 0 aromatic carbocycles. The molecule has 1 aliphatic carbocycles. The lowest BCUT2D eigenvalue weighted by molar-refractivity contribution is -0.159. The minimum Gasteiger partial charge on any atom is -0.386 e. The van der Waals surface area contributed by atoms with Gasteiger partial charge in [0, 0.05) is 13.0 Å². The van der Waals surface area contributed by atoms with Crippen LogP contribution in [-0.2, 0) is 4.79 Å². The molecule has 0 aromatic heterocycles. The van der Waals surface area contributed by atoms with Gasteiger partial charge in [-0.2, -0.15) is 0 Å². The zero-order valence-corrected chi connectivity index (χ0v) is 9.33. The van der Waals surface area contributed by atoms with Gasteiger partial charge in [-0.05, 0) is 25.3 Å². The van der Waals surface area contributed by atoms with E-state index < -0.39 is 5.60 Å². The molecule has 1 saturated heterocycles. The normalized spacial score (nSPS) is 23.7. The zero-order valence-electron chi connectivity index (χ0n) is 9.33. The number of β-amino-alcohol motifs (C(OH)–C–C–N with tert-alkyl or cyclic N) is 1. The highest BCUT2D eigenvalue weighted by Gasteiger charge is 2.52. The highest BCUT2D eigenvalue weighted by Crippen LogP contribution is 2.44. The van der Waals surface area contributed by atoms with E-state index in [2.05, 4.69) is 5.32 Å². The Morgan fingerprint density at radius 1 is 1.53 bits per heavy atom. The lowest BCUT2D eigenvalue weighted by atomic mass is 9.88. The van der Waals surface area contributed by atoms with Crippen molar-refractivity contribution in [3.05, 3.63) is 0 Å². The number of amides is 1. The molecule has 86 valence electrons. The van der Waals surface area contributed by atoms with E-state index in [0.717, 1.165) is 25.9 Å². The van der Waals surface area contributed by atoms with Crippen molar-refractivity contribution in [2.24, 2.45) is 5.92 Å². The Kier molecular flexibility index (Phi) is 2.98. The summed E-state index contributed by atoms with van der Waals surface area (Å²) in [4.78, 5) is 13.4. The second-order valence-electron chi connectivity index (χ2n) is 4.73. The van der Waals surface area contributed by atoms with E-state index in [1.807, 2.05) is 6.92 Å². The maximum absolute atomic E-state index is 11.6. The fourth-order valence-electron chi connectivity index (χ4n) is 2.20. The number of aliphatic hydroxyl groups is 1. The van der Waals surface area contributed by atoms with Crippen LogP contribution in [0, 0.1) is 5.92 Å². The molecule has 0 spiro atoms. The van der Waals surface area contributed by atoms with Crippen LogP contribution in [0.15, 0.2) is 0 Å². The fraction of sp³-hybridized carbons (Fsp3) is 0.909. The standard InChI is InChI=1S/C11H20N2O2/c1-2-12-6-5-10(14)13-7-11(15,8-13)9-3-4-9/h9,12,15H,2-8H2,1H3. The van der Waals surface area contributed by atoms with Gasteiger partial charge in [0.2, 0.25) is 5.91 Å². The number of carbonyl (C=O) groups is 1. The van der Waals surface area contributed by atoms with Crippen molar-refractivity contribution in [2.75, 3.05) is 26.2 Å². The van der Waals surface area contributed by atoms with Gasteiger partial charge >= 0.3 is 0 Å². The van der Waals surface area contributed by atoms with Crippen molar-refractivity contribution >= 4 is 5.91 Å². The van der Waals surface area contributed by atoms with Crippen molar-refractivity contribution in [1.29, 1.82) is 0 Å². The lowest BCUT2D eigenvalue weighted by Crippen LogP contribution is -2.64. The van der Waals surface area contributed by atoms with Gasteiger partial charge in [-0.1, -0.05) is 6.92 Å². The maximum atomic E-state index is 11.6. The molecule has 0 radical (unpaired) electrons. The van der Waals surface area contributed by atoms with Gasteiger partial charge < -0.3 is 15.3 Å². The predicted octanol–water partition coefficient (Wildman–Crippen LogP) is -0.0307. The maximum Gasteiger partial charge on any atom is 0.224 e. The molecule has 0 aromatic rings. The van der Waals surface area contributed by atoms with Crippen LogP contribution < -0.4 is 5.32 Å². The molecule has 0 atom stereocenters. The van der Waals surface area contributed by atoms with Gasteiger partial charge in [-0.25, -0.2) is 0 Å². The molecular weight excluding hydrogens is 192 g/mol. The molecule has 2 fully saturated rings. The van der Waals surface area contributed by atoms with Gasteiger partial charge in [-0.15, -0.1) is 0 Å². The Morgan fingerprint density at radius 3 is 2.73 bits per heavy atom. The summed E-state index contributed by atoms with van der Waals surface area (Å²) in [7, 11) is 0. The molecule has 1 heterocycles. The van der Waals surface area contributed by atoms with Crippen LogP contribution in [0.2, 0.25) is 0 Å². The fourth-order valence-corrected chi connectivity index (χ4v) is 2.20. The van der Waals surface area contributed by atoms with Gasteiger partial charge in [0.25, 0.3) is 0 Å².